The van der Waals surface area contributed by atoms with Gasteiger partial charge in [0.25, 0.3) is 0 Å². The van der Waals surface area contributed by atoms with E-state index < -0.39 is 0 Å². The molecule has 0 heterocycles. The highest BCUT2D eigenvalue weighted by atomic mass is 16.5. The molecule has 1 rings (SSSR count). The molecule has 0 bridgehead atoms. The van der Waals surface area contributed by atoms with Crippen molar-refractivity contribution in [2.75, 3.05) is 13.1 Å². The molecular weight excluding hydrogens is 222 g/mol. The second-order valence-corrected chi connectivity index (χ2v) is 5.19. The van der Waals surface area contributed by atoms with Crippen LogP contribution in [0.5, 0.6) is 5.75 Å². The van der Waals surface area contributed by atoms with Crippen LogP contribution in [0.15, 0.2) is 24.3 Å². The van der Waals surface area contributed by atoms with Crippen LogP contribution in [0, 0.1) is 0 Å². The minimum absolute atomic E-state index is 0.261. The second kappa shape index (κ2) is 8.15. The lowest BCUT2D eigenvalue weighted by Gasteiger charge is -2.16. The molecule has 1 unspecified atom stereocenters. The molecule has 2 nitrogen and oxygen atoms in total. The zero-order valence-electron chi connectivity index (χ0n) is 12.2. The van der Waals surface area contributed by atoms with Crippen LogP contribution in [-0.4, -0.2) is 19.2 Å². The summed E-state index contributed by atoms with van der Waals surface area (Å²) in [4.78, 5) is 0. The van der Waals surface area contributed by atoms with Crippen molar-refractivity contribution < 1.29 is 4.74 Å². The third kappa shape index (κ3) is 5.54. The number of hydrogen-bond acceptors (Lipinski definition) is 2. The van der Waals surface area contributed by atoms with E-state index in [0.717, 1.165) is 25.3 Å². The topological polar surface area (TPSA) is 21.3 Å². The smallest absolute Gasteiger partial charge is 0.119 e. The van der Waals surface area contributed by atoms with Gasteiger partial charge in [0, 0.05) is 0 Å². The monoisotopic (exact) mass is 249 g/mol. The van der Waals surface area contributed by atoms with Gasteiger partial charge >= 0.3 is 0 Å². The molecule has 1 aromatic carbocycles. The van der Waals surface area contributed by atoms with Crippen LogP contribution in [0.1, 0.15) is 52.0 Å². The Morgan fingerprint density at radius 1 is 1.17 bits per heavy atom. The largest absolute Gasteiger partial charge is 0.491 e. The SMILES string of the molecule is CCCNCCC(C)Oc1cccc(C(C)C)c1. The number of rotatable bonds is 8. The molecule has 0 fully saturated rings. The van der Waals surface area contributed by atoms with Gasteiger partial charge in [-0.05, 0) is 56.5 Å². The standard InChI is InChI=1S/C16H27NO/c1-5-10-17-11-9-14(4)18-16-8-6-7-15(12-16)13(2)3/h6-8,12-14,17H,5,9-11H2,1-4H3. The summed E-state index contributed by atoms with van der Waals surface area (Å²) in [7, 11) is 0. The fourth-order valence-electron chi connectivity index (χ4n) is 1.85. The third-order valence-electron chi connectivity index (χ3n) is 3.02. The summed E-state index contributed by atoms with van der Waals surface area (Å²) in [5.74, 6) is 1.54. The highest BCUT2D eigenvalue weighted by Gasteiger charge is 2.05. The molecule has 0 amide bonds. The number of ether oxygens (including phenoxy) is 1. The fraction of sp³-hybridized carbons (Fsp3) is 0.625. The molecule has 102 valence electrons. The summed E-state index contributed by atoms with van der Waals surface area (Å²) in [5.41, 5.74) is 1.34. The van der Waals surface area contributed by atoms with Gasteiger partial charge in [-0.15, -0.1) is 0 Å². The normalized spacial score (nSPS) is 12.7. The zero-order chi connectivity index (χ0) is 13.4. The van der Waals surface area contributed by atoms with Crippen LogP contribution in [0.3, 0.4) is 0 Å². The van der Waals surface area contributed by atoms with Gasteiger partial charge in [-0.25, -0.2) is 0 Å². The molecule has 0 radical (unpaired) electrons. The molecule has 0 saturated carbocycles. The Bertz CT molecular complexity index is 336. The summed E-state index contributed by atoms with van der Waals surface area (Å²) >= 11 is 0. The van der Waals surface area contributed by atoms with Crippen LogP contribution in [0.2, 0.25) is 0 Å². The molecule has 0 aromatic heterocycles. The van der Waals surface area contributed by atoms with E-state index >= 15 is 0 Å². The van der Waals surface area contributed by atoms with Crippen LogP contribution in [-0.2, 0) is 0 Å². The molecule has 0 aliphatic carbocycles. The van der Waals surface area contributed by atoms with Crippen molar-refractivity contribution in [2.45, 2.75) is 52.6 Å². The van der Waals surface area contributed by atoms with E-state index in [-0.39, 0.29) is 6.10 Å². The Kier molecular flexibility index (Phi) is 6.81. The van der Waals surface area contributed by atoms with Crippen LogP contribution in [0.4, 0.5) is 0 Å². The van der Waals surface area contributed by atoms with E-state index in [9.17, 15) is 0 Å². The van der Waals surface area contributed by atoms with Crippen molar-refractivity contribution in [3.8, 4) is 5.75 Å². The van der Waals surface area contributed by atoms with Crippen molar-refractivity contribution in [1.29, 1.82) is 0 Å². The van der Waals surface area contributed by atoms with E-state index in [1.165, 1.54) is 12.0 Å². The molecule has 2 heteroatoms. The van der Waals surface area contributed by atoms with Crippen molar-refractivity contribution >= 4 is 0 Å². The van der Waals surface area contributed by atoms with Gasteiger partial charge in [0.1, 0.15) is 5.75 Å². The maximum absolute atomic E-state index is 5.95. The lowest BCUT2D eigenvalue weighted by Crippen LogP contribution is -2.22. The highest BCUT2D eigenvalue weighted by molar-refractivity contribution is 5.30. The van der Waals surface area contributed by atoms with E-state index in [4.69, 9.17) is 4.74 Å². The van der Waals surface area contributed by atoms with Crippen molar-refractivity contribution in [3.05, 3.63) is 29.8 Å². The first-order valence-electron chi connectivity index (χ1n) is 7.10. The van der Waals surface area contributed by atoms with Gasteiger partial charge < -0.3 is 10.1 Å². The molecule has 0 saturated heterocycles. The summed E-state index contributed by atoms with van der Waals surface area (Å²) in [6, 6.07) is 8.43. The first kappa shape index (κ1) is 15.0. The average molecular weight is 249 g/mol. The molecule has 0 spiro atoms. The predicted molar refractivity (Wildman–Crippen MR) is 78.4 cm³/mol. The quantitative estimate of drug-likeness (QED) is 0.704. The molecule has 1 atom stereocenters. The summed E-state index contributed by atoms with van der Waals surface area (Å²) in [6.45, 7) is 10.9. The zero-order valence-corrected chi connectivity index (χ0v) is 12.2. The van der Waals surface area contributed by atoms with Crippen LogP contribution >= 0.6 is 0 Å². The third-order valence-corrected chi connectivity index (χ3v) is 3.02. The average Bonchev–Trinajstić information content (AvgIpc) is 2.35. The number of nitrogens with one attached hydrogen (secondary N) is 1. The van der Waals surface area contributed by atoms with Gasteiger partial charge in [-0.3, -0.25) is 0 Å². The summed E-state index contributed by atoms with van der Waals surface area (Å²) < 4.78 is 5.95. The Morgan fingerprint density at radius 2 is 1.94 bits per heavy atom. The molecular formula is C16H27NO. The van der Waals surface area contributed by atoms with E-state index in [2.05, 4.69) is 51.2 Å². The molecule has 1 aromatic rings. The number of hydrogen-bond donors (Lipinski definition) is 1. The summed E-state index contributed by atoms with van der Waals surface area (Å²) in [6.07, 6.45) is 2.49. The lowest BCUT2D eigenvalue weighted by molar-refractivity contribution is 0.210. The van der Waals surface area contributed by atoms with Gasteiger partial charge in [-0.2, -0.15) is 0 Å². The van der Waals surface area contributed by atoms with Gasteiger partial charge in [0.2, 0.25) is 0 Å². The Balaban J connectivity index is 2.39. The minimum atomic E-state index is 0.261. The molecule has 0 aliphatic heterocycles. The van der Waals surface area contributed by atoms with Crippen molar-refractivity contribution in [2.24, 2.45) is 0 Å². The first-order chi connectivity index (χ1) is 8.63. The van der Waals surface area contributed by atoms with Crippen molar-refractivity contribution in [3.63, 3.8) is 0 Å². The van der Waals surface area contributed by atoms with E-state index in [1.54, 1.807) is 0 Å². The maximum Gasteiger partial charge on any atom is 0.119 e. The Hall–Kier alpha value is -1.02. The molecule has 18 heavy (non-hydrogen) atoms. The maximum atomic E-state index is 5.95. The van der Waals surface area contributed by atoms with Gasteiger partial charge in [-0.1, -0.05) is 32.9 Å². The minimum Gasteiger partial charge on any atom is -0.491 e. The summed E-state index contributed by atoms with van der Waals surface area (Å²) in [5, 5.41) is 3.40. The molecule has 0 aliphatic rings. The lowest BCUT2D eigenvalue weighted by atomic mass is 10.0. The van der Waals surface area contributed by atoms with Gasteiger partial charge in [0.15, 0.2) is 0 Å². The number of benzene rings is 1. The second-order valence-electron chi connectivity index (χ2n) is 5.19. The Morgan fingerprint density at radius 3 is 2.61 bits per heavy atom. The van der Waals surface area contributed by atoms with E-state index in [0.29, 0.717) is 5.92 Å². The Labute approximate surface area is 112 Å². The van der Waals surface area contributed by atoms with E-state index in [1.807, 2.05) is 6.07 Å². The van der Waals surface area contributed by atoms with Crippen LogP contribution in [0.25, 0.3) is 0 Å². The highest BCUT2D eigenvalue weighted by Crippen LogP contribution is 2.21. The molecule has 1 N–H and O–H groups in total. The predicted octanol–water partition coefficient (Wildman–Crippen LogP) is 3.97. The van der Waals surface area contributed by atoms with Crippen LogP contribution < -0.4 is 10.1 Å². The fourth-order valence-corrected chi connectivity index (χ4v) is 1.85. The van der Waals surface area contributed by atoms with Crippen molar-refractivity contribution in [1.82, 2.24) is 5.32 Å². The first-order valence-corrected chi connectivity index (χ1v) is 7.10. The van der Waals surface area contributed by atoms with Gasteiger partial charge in [0.05, 0.1) is 6.10 Å².